The van der Waals surface area contributed by atoms with E-state index < -0.39 is 18.0 Å². The monoisotopic (exact) mass is 359 g/mol. The van der Waals surface area contributed by atoms with Gasteiger partial charge in [-0.2, -0.15) is 13.2 Å². The predicted octanol–water partition coefficient (Wildman–Crippen LogP) is 4.20. The maximum absolute atomic E-state index is 12.9. The van der Waals surface area contributed by atoms with Gasteiger partial charge in [0.15, 0.2) is 0 Å². The lowest BCUT2D eigenvalue weighted by Gasteiger charge is -2.20. The summed E-state index contributed by atoms with van der Waals surface area (Å²) in [4.78, 5) is 18.2. The molecule has 0 saturated heterocycles. The Morgan fingerprint density at radius 2 is 1.85 bits per heavy atom. The van der Waals surface area contributed by atoms with E-state index in [4.69, 9.17) is 0 Å². The van der Waals surface area contributed by atoms with E-state index in [0.29, 0.717) is 5.56 Å². The van der Waals surface area contributed by atoms with Crippen LogP contribution in [0.4, 0.5) is 13.2 Å². The number of carbonyl (C=O) groups excluding carboxylic acids is 1. The van der Waals surface area contributed by atoms with Crippen LogP contribution in [0, 0.1) is 5.92 Å². The summed E-state index contributed by atoms with van der Waals surface area (Å²) in [5, 5.41) is 3.02. The van der Waals surface area contributed by atoms with E-state index in [-0.39, 0.29) is 22.9 Å². The first-order valence-electron chi connectivity index (χ1n) is 8.34. The van der Waals surface area contributed by atoms with Gasteiger partial charge < -0.3 is 10.3 Å². The zero-order valence-electron chi connectivity index (χ0n) is 13.7. The van der Waals surface area contributed by atoms with E-state index >= 15 is 0 Å². The molecule has 1 fully saturated rings. The van der Waals surface area contributed by atoms with Crippen LogP contribution in [-0.4, -0.2) is 15.9 Å². The highest BCUT2D eigenvalue weighted by molar-refractivity contribution is 5.82. The number of alkyl halides is 3. The Labute approximate surface area is 147 Å². The number of fused-ring (bicyclic) bond motifs is 1. The van der Waals surface area contributed by atoms with Crippen LogP contribution in [0.2, 0.25) is 0 Å². The average molecular weight is 359 g/mol. The van der Waals surface area contributed by atoms with Gasteiger partial charge in [0.2, 0.25) is 11.7 Å². The summed E-state index contributed by atoms with van der Waals surface area (Å²) in [6.45, 7) is 0. The van der Waals surface area contributed by atoms with Crippen molar-refractivity contribution in [2.24, 2.45) is 5.92 Å². The van der Waals surface area contributed by atoms with Crippen molar-refractivity contribution in [1.82, 2.24) is 15.3 Å². The second-order valence-corrected chi connectivity index (χ2v) is 6.49. The van der Waals surface area contributed by atoms with Crippen molar-refractivity contribution in [3.63, 3.8) is 0 Å². The highest BCUT2D eigenvalue weighted by atomic mass is 19.4. The summed E-state index contributed by atoms with van der Waals surface area (Å²) >= 11 is 0. The standard InChI is InChI=1S/C19H16F3N3O/c20-19(21,22)18-23-14-9-8-13(10-15(14)24-18)16(11-4-2-1-3-5-11)25-17(26)12-6-7-12/h1-5,8-10,12,16H,6-7H2,(H,23,24)(H,25,26). The van der Waals surface area contributed by atoms with Gasteiger partial charge in [-0.15, -0.1) is 0 Å². The van der Waals surface area contributed by atoms with E-state index in [9.17, 15) is 18.0 Å². The Morgan fingerprint density at radius 1 is 1.12 bits per heavy atom. The molecule has 1 unspecified atom stereocenters. The van der Waals surface area contributed by atoms with Gasteiger partial charge in [-0.1, -0.05) is 36.4 Å². The number of imidazole rings is 1. The Morgan fingerprint density at radius 3 is 2.50 bits per heavy atom. The molecule has 1 aromatic heterocycles. The van der Waals surface area contributed by atoms with Gasteiger partial charge in [0.1, 0.15) is 0 Å². The molecule has 1 saturated carbocycles. The van der Waals surface area contributed by atoms with E-state index in [2.05, 4.69) is 15.3 Å². The molecule has 7 heteroatoms. The summed E-state index contributed by atoms with van der Waals surface area (Å²) in [5.41, 5.74) is 2.10. The van der Waals surface area contributed by atoms with Crippen LogP contribution in [0.15, 0.2) is 48.5 Å². The number of aromatic nitrogens is 2. The largest absolute Gasteiger partial charge is 0.449 e. The molecular weight excluding hydrogens is 343 g/mol. The first-order chi connectivity index (χ1) is 12.4. The van der Waals surface area contributed by atoms with Crippen LogP contribution in [-0.2, 0) is 11.0 Å². The number of aromatic amines is 1. The number of carbonyl (C=O) groups is 1. The zero-order valence-corrected chi connectivity index (χ0v) is 13.7. The molecule has 0 spiro atoms. The lowest BCUT2D eigenvalue weighted by molar-refractivity contribution is -0.144. The quantitative estimate of drug-likeness (QED) is 0.734. The molecule has 4 rings (SSSR count). The van der Waals surface area contributed by atoms with Crippen LogP contribution >= 0.6 is 0 Å². The Balaban J connectivity index is 1.73. The molecule has 1 aliphatic carbocycles. The lowest BCUT2D eigenvalue weighted by atomic mass is 9.98. The van der Waals surface area contributed by atoms with Gasteiger partial charge in [-0.3, -0.25) is 4.79 Å². The van der Waals surface area contributed by atoms with Crippen LogP contribution in [0.5, 0.6) is 0 Å². The number of hydrogen-bond donors (Lipinski definition) is 2. The van der Waals surface area contributed by atoms with Crippen molar-refractivity contribution >= 4 is 16.9 Å². The van der Waals surface area contributed by atoms with Crippen molar-refractivity contribution in [3.05, 3.63) is 65.5 Å². The highest BCUT2D eigenvalue weighted by Gasteiger charge is 2.35. The van der Waals surface area contributed by atoms with E-state index in [1.807, 2.05) is 30.3 Å². The minimum atomic E-state index is -4.53. The molecule has 2 aromatic carbocycles. The molecular formula is C19H16F3N3O. The first kappa shape index (κ1) is 16.6. The van der Waals surface area contributed by atoms with Crippen LogP contribution in [0.25, 0.3) is 11.0 Å². The summed E-state index contributed by atoms with van der Waals surface area (Å²) in [5.74, 6) is -1.02. The molecule has 0 aliphatic heterocycles. The van der Waals surface area contributed by atoms with Gasteiger partial charge in [0.05, 0.1) is 17.1 Å². The Bertz CT molecular complexity index is 946. The lowest BCUT2D eigenvalue weighted by Crippen LogP contribution is -2.30. The average Bonchev–Trinajstić information content (AvgIpc) is 3.37. The summed E-state index contributed by atoms with van der Waals surface area (Å²) in [6, 6.07) is 13.8. The molecule has 4 nitrogen and oxygen atoms in total. The van der Waals surface area contributed by atoms with Crippen molar-refractivity contribution in [1.29, 1.82) is 0 Å². The van der Waals surface area contributed by atoms with E-state index in [0.717, 1.165) is 18.4 Å². The maximum Gasteiger partial charge on any atom is 0.449 e. The Kier molecular flexibility index (Phi) is 3.94. The van der Waals surface area contributed by atoms with Crippen molar-refractivity contribution in [2.75, 3.05) is 0 Å². The number of halogens is 3. The Hall–Kier alpha value is -2.83. The molecule has 134 valence electrons. The maximum atomic E-state index is 12.9. The van der Waals surface area contributed by atoms with Gasteiger partial charge in [0, 0.05) is 5.92 Å². The second kappa shape index (κ2) is 6.16. The third kappa shape index (κ3) is 3.29. The van der Waals surface area contributed by atoms with Crippen molar-refractivity contribution < 1.29 is 18.0 Å². The summed E-state index contributed by atoms with van der Waals surface area (Å²) in [7, 11) is 0. The normalized spacial score (nSPS) is 15.8. The van der Waals surface area contributed by atoms with Crippen molar-refractivity contribution in [2.45, 2.75) is 25.1 Å². The number of H-pyrrole nitrogens is 1. The fraction of sp³-hybridized carbons (Fsp3) is 0.263. The van der Waals surface area contributed by atoms with Gasteiger partial charge in [-0.25, -0.2) is 4.98 Å². The van der Waals surface area contributed by atoms with E-state index in [1.165, 1.54) is 6.07 Å². The molecule has 2 N–H and O–H groups in total. The fourth-order valence-electron chi connectivity index (χ4n) is 2.95. The number of rotatable bonds is 4. The fourth-order valence-corrected chi connectivity index (χ4v) is 2.95. The molecule has 1 heterocycles. The number of benzene rings is 2. The van der Waals surface area contributed by atoms with Crippen LogP contribution < -0.4 is 5.32 Å². The van der Waals surface area contributed by atoms with Gasteiger partial charge in [-0.05, 0) is 36.1 Å². The predicted molar refractivity (Wildman–Crippen MR) is 90.2 cm³/mol. The van der Waals surface area contributed by atoms with Crippen LogP contribution in [0.1, 0.15) is 35.8 Å². The molecule has 3 aromatic rings. The summed E-state index contributed by atoms with van der Waals surface area (Å²) in [6.07, 6.45) is -2.78. The third-order valence-corrected chi connectivity index (χ3v) is 4.48. The molecule has 1 atom stereocenters. The number of amides is 1. The van der Waals surface area contributed by atoms with Crippen LogP contribution in [0.3, 0.4) is 0 Å². The minimum Gasteiger partial charge on any atom is -0.345 e. The topological polar surface area (TPSA) is 57.8 Å². The third-order valence-electron chi connectivity index (χ3n) is 4.48. The van der Waals surface area contributed by atoms with E-state index in [1.54, 1.807) is 12.1 Å². The van der Waals surface area contributed by atoms with Gasteiger partial charge >= 0.3 is 6.18 Å². The molecule has 0 radical (unpaired) electrons. The number of hydrogen-bond acceptors (Lipinski definition) is 2. The zero-order chi connectivity index (χ0) is 18.3. The molecule has 1 aliphatic rings. The first-order valence-corrected chi connectivity index (χ1v) is 8.34. The SMILES string of the molecule is O=C(NC(c1ccccc1)c1ccc2nc(C(F)(F)F)[nH]c2c1)C1CC1. The number of nitrogens with zero attached hydrogens (tertiary/aromatic N) is 1. The minimum absolute atomic E-state index is 0.0282. The molecule has 26 heavy (non-hydrogen) atoms. The van der Waals surface area contributed by atoms with Crippen molar-refractivity contribution in [3.8, 4) is 0 Å². The second-order valence-electron chi connectivity index (χ2n) is 6.49. The highest BCUT2D eigenvalue weighted by Crippen LogP contribution is 2.33. The van der Waals surface area contributed by atoms with Gasteiger partial charge in [0.25, 0.3) is 0 Å². The molecule has 1 amide bonds. The summed E-state index contributed by atoms with van der Waals surface area (Å²) < 4.78 is 38.6. The molecule has 0 bridgehead atoms. The number of nitrogens with one attached hydrogen (secondary N) is 2. The smallest absolute Gasteiger partial charge is 0.345 e.